The van der Waals surface area contributed by atoms with Crippen LogP contribution in [0, 0.1) is 10.1 Å². The zero-order valence-corrected chi connectivity index (χ0v) is 21.0. The number of nitrogens with zero attached hydrogens (tertiary/aromatic N) is 2. The van der Waals surface area contributed by atoms with E-state index in [2.05, 4.69) is 20.8 Å². The number of rotatable bonds is 6. The molecule has 1 aliphatic rings. The zero-order valence-electron chi connectivity index (χ0n) is 21.0. The second kappa shape index (κ2) is 9.93. The number of carbonyl (C=O) groups is 3. The summed E-state index contributed by atoms with van der Waals surface area (Å²) in [7, 11) is 0. The monoisotopic (exact) mass is 514 g/mol. The first-order valence-electron chi connectivity index (χ1n) is 11.8. The van der Waals surface area contributed by atoms with Crippen LogP contribution in [0.5, 0.6) is 0 Å². The lowest BCUT2D eigenvalue weighted by atomic mass is 9.85. The Morgan fingerprint density at radius 3 is 2.13 bits per heavy atom. The maximum Gasteiger partial charge on any atom is 0.335 e. The third-order valence-corrected chi connectivity index (χ3v) is 6.52. The predicted molar refractivity (Wildman–Crippen MR) is 139 cm³/mol. The van der Waals surface area contributed by atoms with Crippen molar-refractivity contribution in [3.8, 4) is 0 Å². The number of amides is 1. The number of non-ortho nitro benzene ring substituents is 1. The first-order chi connectivity index (χ1) is 17.9. The van der Waals surface area contributed by atoms with E-state index in [9.17, 15) is 34.7 Å². The van der Waals surface area contributed by atoms with Gasteiger partial charge in [-0.1, -0.05) is 69.3 Å². The Hall–Kier alpha value is -4.79. The van der Waals surface area contributed by atoms with Crippen molar-refractivity contribution in [2.45, 2.75) is 38.8 Å². The molecule has 0 aliphatic carbocycles. The van der Waals surface area contributed by atoms with Crippen LogP contribution in [-0.2, 0) is 21.5 Å². The fourth-order valence-corrected chi connectivity index (χ4v) is 4.43. The van der Waals surface area contributed by atoms with Gasteiger partial charge < -0.3 is 15.1 Å². The number of aliphatic hydroxyl groups is 1. The number of carboxylic acid groups (broad SMARTS) is 1. The molecule has 1 heterocycles. The number of aromatic carboxylic acids is 1. The molecule has 3 aromatic carbocycles. The van der Waals surface area contributed by atoms with Crippen molar-refractivity contribution < 1.29 is 29.5 Å². The van der Waals surface area contributed by atoms with Crippen LogP contribution < -0.4 is 0 Å². The minimum atomic E-state index is -1.09. The second-order valence-electron chi connectivity index (χ2n) is 10.1. The van der Waals surface area contributed by atoms with E-state index in [0.29, 0.717) is 11.1 Å². The molecule has 1 aliphatic heterocycles. The summed E-state index contributed by atoms with van der Waals surface area (Å²) < 4.78 is 0. The second-order valence-corrected chi connectivity index (χ2v) is 10.1. The van der Waals surface area contributed by atoms with Crippen LogP contribution in [0.2, 0.25) is 0 Å². The van der Waals surface area contributed by atoms with Gasteiger partial charge in [0.05, 0.1) is 22.1 Å². The molecule has 0 aromatic heterocycles. The predicted octanol–water partition coefficient (Wildman–Crippen LogP) is 5.21. The van der Waals surface area contributed by atoms with E-state index >= 15 is 0 Å². The number of Topliss-reactive ketones (excluding diaryl/α,β-unsaturated/α-hetero) is 1. The van der Waals surface area contributed by atoms with Crippen LogP contribution in [0.3, 0.4) is 0 Å². The molecule has 194 valence electrons. The van der Waals surface area contributed by atoms with Crippen molar-refractivity contribution in [1.82, 2.24) is 4.90 Å². The molecule has 4 rings (SSSR count). The van der Waals surface area contributed by atoms with Gasteiger partial charge in [-0.3, -0.25) is 19.7 Å². The summed E-state index contributed by atoms with van der Waals surface area (Å²) in [6.45, 7) is 6.13. The average molecular weight is 515 g/mol. The van der Waals surface area contributed by atoms with Crippen LogP contribution in [0.1, 0.15) is 59.4 Å². The molecule has 9 heteroatoms. The van der Waals surface area contributed by atoms with E-state index in [1.807, 2.05) is 12.1 Å². The topological polar surface area (TPSA) is 138 Å². The quantitative estimate of drug-likeness (QED) is 0.151. The molecule has 0 radical (unpaired) electrons. The van der Waals surface area contributed by atoms with Crippen molar-refractivity contribution in [2.24, 2.45) is 0 Å². The van der Waals surface area contributed by atoms with E-state index in [-0.39, 0.29) is 34.3 Å². The average Bonchev–Trinajstić information content (AvgIpc) is 3.13. The largest absolute Gasteiger partial charge is 0.507 e. The number of ketones is 1. The summed E-state index contributed by atoms with van der Waals surface area (Å²) >= 11 is 0. The molecule has 1 fully saturated rings. The Balaban J connectivity index is 1.85. The molecule has 0 bridgehead atoms. The number of nitro groups is 1. The smallest absolute Gasteiger partial charge is 0.335 e. The molecule has 1 amide bonds. The zero-order chi connectivity index (χ0) is 27.8. The standard InChI is InChI=1S/C29H26N2O7/c1-29(2,3)21-13-11-18(12-14-21)24-23(25(32)20-5-4-6-22(15-20)31(37)38)26(33)27(34)30(24)16-17-7-9-19(10-8-17)28(35)36/h4-15,24,32H,16H2,1-3H3,(H,35,36)/b25-23-. The van der Waals surface area contributed by atoms with Gasteiger partial charge in [-0.25, -0.2) is 4.79 Å². The fraction of sp³-hybridized carbons (Fsp3) is 0.207. The molecule has 2 N–H and O–H groups in total. The first kappa shape index (κ1) is 26.3. The molecule has 1 saturated heterocycles. The SMILES string of the molecule is CC(C)(C)c1ccc(C2/C(=C(/O)c3cccc([N+](=O)[O-])c3)C(=O)C(=O)N2Cc2ccc(C(=O)O)cc2)cc1. The van der Waals surface area contributed by atoms with Crippen molar-refractivity contribution in [3.63, 3.8) is 0 Å². The molecular weight excluding hydrogens is 488 g/mol. The Bertz CT molecular complexity index is 1470. The summed E-state index contributed by atoms with van der Waals surface area (Å²) in [6, 6.07) is 17.6. The highest BCUT2D eigenvalue weighted by Crippen LogP contribution is 2.41. The van der Waals surface area contributed by atoms with E-state index in [1.165, 1.54) is 35.2 Å². The van der Waals surface area contributed by atoms with Crippen molar-refractivity contribution in [1.29, 1.82) is 0 Å². The molecule has 1 unspecified atom stereocenters. The summed E-state index contributed by atoms with van der Waals surface area (Å²) in [5.74, 6) is -3.36. The van der Waals surface area contributed by atoms with Crippen LogP contribution in [0.15, 0.2) is 78.4 Å². The highest BCUT2D eigenvalue weighted by atomic mass is 16.6. The van der Waals surface area contributed by atoms with Gasteiger partial charge in [-0.15, -0.1) is 0 Å². The van der Waals surface area contributed by atoms with E-state index in [1.54, 1.807) is 24.3 Å². The Morgan fingerprint density at radius 2 is 1.58 bits per heavy atom. The number of hydrogen-bond acceptors (Lipinski definition) is 6. The molecule has 38 heavy (non-hydrogen) atoms. The maximum absolute atomic E-state index is 13.3. The Labute approximate surface area is 218 Å². The number of benzene rings is 3. The van der Waals surface area contributed by atoms with E-state index < -0.39 is 34.4 Å². The Morgan fingerprint density at radius 1 is 0.947 bits per heavy atom. The third kappa shape index (κ3) is 5.04. The van der Waals surface area contributed by atoms with Gasteiger partial charge in [0, 0.05) is 24.2 Å². The fourth-order valence-electron chi connectivity index (χ4n) is 4.43. The number of likely N-dealkylation sites (tertiary alicyclic amines) is 1. The van der Waals surface area contributed by atoms with Crippen molar-refractivity contribution in [3.05, 3.63) is 116 Å². The molecular formula is C29H26N2O7. The first-order valence-corrected chi connectivity index (χ1v) is 11.8. The van der Waals surface area contributed by atoms with E-state index in [4.69, 9.17) is 0 Å². The van der Waals surface area contributed by atoms with Crippen LogP contribution in [0.4, 0.5) is 5.69 Å². The number of aliphatic hydroxyl groups excluding tert-OH is 1. The highest BCUT2D eigenvalue weighted by Gasteiger charge is 2.46. The molecule has 9 nitrogen and oxygen atoms in total. The van der Waals surface area contributed by atoms with Crippen molar-refractivity contribution in [2.75, 3.05) is 0 Å². The summed E-state index contributed by atoms with van der Waals surface area (Å²) in [5.41, 5.74) is 1.72. The van der Waals surface area contributed by atoms with Crippen molar-refractivity contribution >= 4 is 29.1 Å². The van der Waals surface area contributed by atoms with Crippen LogP contribution >= 0.6 is 0 Å². The number of carboxylic acids is 1. The normalized spacial score (nSPS) is 17.0. The van der Waals surface area contributed by atoms with Gasteiger partial charge in [0.1, 0.15) is 5.76 Å². The minimum Gasteiger partial charge on any atom is -0.507 e. The van der Waals surface area contributed by atoms with Gasteiger partial charge in [-0.2, -0.15) is 0 Å². The Kier molecular flexibility index (Phi) is 6.87. The summed E-state index contributed by atoms with van der Waals surface area (Å²) in [6.07, 6.45) is 0. The molecule has 3 aromatic rings. The van der Waals surface area contributed by atoms with Gasteiger partial charge in [0.2, 0.25) is 0 Å². The molecule has 1 atom stereocenters. The number of hydrogen-bond donors (Lipinski definition) is 2. The van der Waals surface area contributed by atoms with Crippen LogP contribution in [0.25, 0.3) is 5.76 Å². The number of carbonyl (C=O) groups excluding carboxylic acids is 2. The van der Waals surface area contributed by atoms with Crippen LogP contribution in [-0.4, -0.2) is 37.7 Å². The molecule has 0 saturated carbocycles. The lowest BCUT2D eigenvalue weighted by Gasteiger charge is -2.26. The van der Waals surface area contributed by atoms with Gasteiger partial charge in [0.15, 0.2) is 0 Å². The summed E-state index contributed by atoms with van der Waals surface area (Å²) in [4.78, 5) is 49.7. The summed E-state index contributed by atoms with van der Waals surface area (Å²) in [5, 5.41) is 31.7. The number of nitro benzene ring substituents is 1. The lowest BCUT2D eigenvalue weighted by Crippen LogP contribution is -2.29. The van der Waals surface area contributed by atoms with Gasteiger partial charge in [-0.05, 0) is 34.2 Å². The van der Waals surface area contributed by atoms with Gasteiger partial charge >= 0.3 is 5.97 Å². The minimum absolute atomic E-state index is 0.0259. The highest BCUT2D eigenvalue weighted by molar-refractivity contribution is 6.46. The lowest BCUT2D eigenvalue weighted by molar-refractivity contribution is -0.384. The third-order valence-electron chi connectivity index (χ3n) is 6.52. The van der Waals surface area contributed by atoms with E-state index in [0.717, 1.165) is 11.6 Å². The molecule has 0 spiro atoms. The maximum atomic E-state index is 13.3. The van der Waals surface area contributed by atoms with Gasteiger partial charge in [0.25, 0.3) is 17.4 Å².